The van der Waals surface area contributed by atoms with Crippen LogP contribution in [0.1, 0.15) is 6.92 Å². The predicted molar refractivity (Wildman–Crippen MR) is 61.7 cm³/mol. The van der Waals surface area contributed by atoms with Gasteiger partial charge in [-0.05, 0) is 18.2 Å². The van der Waals surface area contributed by atoms with E-state index in [0.717, 1.165) is 10.0 Å². The van der Waals surface area contributed by atoms with E-state index in [9.17, 15) is 4.79 Å². The number of amides is 1. The highest BCUT2D eigenvalue weighted by atomic mass is 79.9. The summed E-state index contributed by atoms with van der Waals surface area (Å²) in [6.07, 6.45) is 0. The number of benzene rings is 1. The minimum atomic E-state index is -0.246. The molecule has 1 heterocycles. The number of rotatable bonds is 2. The van der Waals surface area contributed by atoms with Gasteiger partial charge in [-0.15, -0.1) is 5.10 Å². The molecule has 0 bridgehead atoms. The molecule has 0 fully saturated rings. The zero-order chi connectivity index (χ0) is 11.5. The van der Waals surface area contributed by atoms with Gasteiger partial charge < -0.3 is 4.42 Å². The average molecular weight is 282 g/mol. The van der Waals surface area contributed by atoms with Crippen molar-refractivity contribution in [1.29, 1.82) is 0 Å². The van der Waals surface area contributed by atoms with E-state index >= 15 is 0 Å². The fraction of sp³-hybridized carbons (Fsp3) is 0.100. The molecule has 82 valence electrons. The lowest BCUT2D eigenvalue weighted by molar-refractivity contribution is -0.114. The maximum absolute atomic E-state index is 10.8. The SMILES string of the molecule is CC(=O)Nc1nnc(-c2cccc(Br)c2)o1. The summed E-state index contributed by atoms with van der Waals surface area (Å²) in [4.78, 5) is 10.8. The van der Waals surface area contributed by atoms with Crippen molar-refractivity contribution in [2.75, 3.05) is 5.32 Å². The third-order valence-electron chi connectivity index (χ3n) is 1.78. The number of nitrogens with zero attached hydrogens (tertiary/aromatic N) is 2. The molecule has 5 nitrogen and oxygen atoms in total. The quantitative estimate of drug-likeness (QED) is 0.918. The Labute approximate surface area is 100.0 Å². The highest BCUT2D eigenvalue weighted by Crippen LogP contribution is 2.22. The summed E-state index contributed by atoms with van der Waals surface area (Å²) >= 11 is 3.35. The molecule has 16 heavy (non-hydrogen) atoms. The van der Waals surface area contributed by atoms with E-state index in [2.05, 4.69) is 31.4 Å². The van der Waals surface area contributed by atoms with Gasteiger partial charge in [0, 0.05) is 17.0 Å². The zero-order valence-corrected chi connectivity index (χ0v) is 9.98. The molecule has 0 saturated heterocycles. The van der Waals surface area contributed by atoms with Crippen LogP contribution in [0.25, 0.3) is 11.5 Å². The Balaban J connectivity index is 2.28. The number of hydrogen-bond donors (Lipinski definition) is 1. The Morgan fingerprint density at radius 1 is 1.44 bits per heavy atom. The lowest BCUT2D eigenvalue weighted by Gasteiger charge is -1.95. The topological polar surface area (TPSA) is 68.0 Å². The Morgan fingerprint density at radius 3 is 2.94 bits per heavy atom. The van der Waals surface area contributed by atoms with Crippen molar-refractivity contribution in [3.63, 3.8) is 0 Å². The number of aromatic nitrogens is 2. The van der Waals surface area contributed by atoms with E-state index in [-0.39, 0.29) is 11.9 Å². The molecule has 1 aromatic carbocycles. The molecule has 0 aliphatic carbocycles. The molecule has 6 heteroatoms. The van der Waals surface area contributed by atoms with E-state index in [1.807, 2.05) is 24.3 Å². The Hall–Kier alpha value is -1.69. The van der Waals surface area contributed by atoms with Crippen LogP contribution in [0.15, 0.2) is 33.2 Å². The second kappa shape index (κ2) is 4.44. The Morgan fingerprint density at radius 2 is 2.25 bits per heavy atom. The maximum Gasteiger partial charge on any atom is 0.322 e. The van der Waals surface area contributed by atoms with Crippen LogP contribution in [-0.2, 0) is 4.79 Å². The van der Waals surface area contributed by atoms with E-state index in [4.69, 9.17) is 4.42 Å². The molecule has 0 aliphatic rings. The number of nitrogens with one attached hydrogen (secondary N) is 1. The largest absolute Gasteiger partial charge is 0.403 e. The van der Waals surface area contributed by atoms with Gasteiger partial charge in [0.25, 0.3) is 0 Å². The number of carbonyl (C=O) groups is 1. The van der Waals surface area contributed by atoms with E-state index < -0.39 is 0 Å². The highest BCUT2D eigenvalue weighted by Gasteiger charge is 2.09. The first-order valence-corrected chi connectivity index (χ1v) is 5.31. The summed E-state index contributed by atoms with van der Waals surface area (Å²) in [5.74, 6) is 0.120. The molecule has 0 spiro atoms. The van der Waals surface area contributed by atoms with Crippen LogP contribution in [0.4, 0.5) is 6.01 Å². The third-order valence-corrected chi connectivity index (χ3v) is 2.27. The summed E-state index contributed by atoms with van der Waals surface area (Å²) in [6, 6.07) is 7.56. The summed E-state index contributed by atoms with van der Waals surface area (Å²) in [6.45, 7) is 1.38. The van der Waals surface area contributed by atoms with Gasteiger partial charge in [0.1, 0.15) is 0 Å². The van der Waals surface area contributed by atoms with Crippen LogP contribution in [0.3, 0.4) is 0 Å². The molecule has 0 atom stereocenters. The van der Waals surface area contributed by atoms with Crippen molar-refractivity contribution in [3.8, 4) is 11.5 Å². The average Bonchev–Trinajstić information content (AvgIpc) is 2.65. The number of carbonyl (C=O) groups excluding carboxylic acids is 1. The first kappa shape index (κ1) is 10.8. The smallest absolute Gasteiger partial charge is 0.322 e. The fourth-order valence-corrected chi connectivity index (χ4v) is 1.56. The van der Waals surface area contributed by atoms with E-state index in [1.54, 1.807) is 0 Å². The van der Waals surface area contributed by atoms with Crippen molar-refractivity contribution in [3.05, 3.63) is 28.7 Å². The lowest BCUT2D eigenvalue weighted by Crippen LogP contribution is -2.05. The minimum Gasteiger partial charge on any atom is -0.403 e. The Kier molecular flexibility index (Phi) is 3.00. The minimum absolute atomic E-state index is 0.0995. The highest BCUT2D eigenvalue weighted by molar-refractivity contribution is 9.10. The summed E-state index contributed by atoms with van der Waals surface area (Å²) in [7, 11) is 0. The van der Waals surface area contributed by atoms with Gasteiger partial charge >= 0.3 is 6.01 Å². The molecular formula is C10H8BrN3O2. The molecule has 1 amide bonds. The van der Waals surface area contributed by atoms with Crippen LogP contribution in [0, 0.1) is 0 Å². The number of anilines is 1. The van der Waals surface area contributed by atoms with Crippen molar-refractivity contribution in [1.82, 2.24) is 10.2 Å². The second-order valence-electron chi connectivity index (χ2n) is 3.10. The van der Waals surface area contributed by atoms with Gasteiger partial charge in [-0.1, -0.05) is 27.1 Å². The van der Waals surface area contributed by atoms with Gasteiger partial charge in [0.05, 0.1) is 0 Å². The molecule has 2 rings (SSSR count). The van der Waals surface area contributed by atoms with Crippen LogP contribution in [-0.4, -0.2) is 16.1 Å². The van der Waals surface area contributed by atoms with Gasteiger partial charge in [-0.3, -0.25) is 10.1 Å². The van der Waals surface area contributed by atoms with Gasteiger partial charge in [-0.2, -0.15) is 0 Å². The van der Waals surface area contributed by atoms with Crippen LogP contribution < -0.4 is 5.32 Å². The van der Waals surface area contributed by atoms with Crippen molar-refractivity contribution >= 4 is 27.9 Å². The summed E-state index contributed by atoms with van der Waals surface area (Å²) in [5, 5.41) is 9.95. The maximum atomic E-state index is 10.8. The first-order valence-electron chi connectivity index (χ1n) is 4.52. The van der Waals surface area contributed by atoms with Crippen molar-refractivity contribution < 1.29 is 9.21 Å². The van der Waals surface area contributed by atoms with Gasteiger partial charge in [-0.25, -0.2) is 0 Å². The van der Waals surface area contributed by atoms with Crippen molar-refractivity contribution in [2.45, 2.75) is 6.92 Å². The molecule has 1 N–H and O–H groups in total. The van der Waals surface area contributed by atoms with Gasteiger partial charge in [0.2, 0.25) is 11.8 Å². The number of halogens is 1. The van der Waals surface area contributed by atoms with Crippen molar-refractivity contribution in [2.24, 2.45) is 0 Å². The summed E-state index contributed by atoms with van der Waals surface area (Å²) in [5.41, 5.74) is 0.790. The monoisotopic (exact) mass is 281 g/mol. The molecule has 0 aliphatic heterocycles. The second-order valence-corrected chi connectivity index (χ2v) is 4.02. The van der Waals surface area contributed by atoms with Crippen LogP contribution in [0.2, 0.25) is 0 Å². The molecule has 0 unspecified atom stereocenters. The molecular weight excluding hydrogens is 274 g/mol. The predicted octanol–water partition coefficient (Wildman–Crippen LogP) is 2.46. The molecule has 2 aromatic rings. The lowest BCUT2D eigenvalue weighted by atomic mass is 10.2. The summed E-state index contributed by atoms with van der Waals surface area (Å²) < 4.78 is 6.18. The molecule has 1 aromatic heterocycles. The zero-order valence-electron chi connectivity index (χ0n) is 8.40. The Bertz CT molecular complexity index is 524. The first-order chi connectivity index (χ1) is 7.65. The van der Waals surface area contributed by atoms with E-state index in [1.165, 1.54) is 6.92 Å². The normalized spacial score (nSPS) is 10.1. The number of hydrogen-bond acceptors (Lipinski definition) is 4. The van der Waals surface area contributed by atoms with Crippen LogP contribution >= 0.6 is 15.9 Å². The van der Waals surface area contributed by atoms with Crippen LogP contribution in [0.5, 0.6) is 0 Å². The van der Waals surface area contributed by atoms with Gasteiger partial charge in [0.15, 0.2) is 0 Å². The van der Waals surface area contributed by atoms with E-state index in [0.29, 0.717) is 5.89 Å². The standard InChI is InChI=1S/C10H8BrN3O2/c1-6(15)12-10-14-13-9(16-10)7-3-2-4-8(11)5-7/h2-5H,1H3,(H,12,14,15). The molecule has 0 radical (unpaired) electrons. The molecule has 0 saturated carbocycles. The third kappa shape index (κ3) is 2.46. The fourth-order valence-electron chi connectivity index (χ4n) is 1.16.